The molecular formula is C14H23NO. The van der Waals surface area contributed by atoms with Gasteiger partial charge in [0.25, 0.3) is 0 Å². The summed E-state index contributed by atoms with van der Waals surface area (Å²) in [5, 5.41) is 13.6. The maximum Gasteiger partial charge on any atom is 0.0880 e. The fourth-order valence-electron chi connectivity index (χ4n) is 1.73. The van der Waals surface area contributed by atoms with E-state index in [-0.39, 0.29) is 0 Å². The van der Waals surface area contributed by atoms with Gasteiger partial charge < -0.3 is 10.4 Å². The van der Waals surface area contributed by atoms with Crippen molar-refractivity contribution in [3.05, 3.63) is 34.9 Å². The molecule has 1 unspecified atom stereocenters. The van der Waals surface area contributed by atoms with E-state index in [0.717, 1.165) is 25.1 Å². The Hall–Kier alpha value is -0.860. The Kier molecular flexibility index (Phi) is 4.51. The van der Waals surface area contributed by atoms with Gasteiger partial charge in [0.1, 0.15) is 0 Å². The molecule has 0 bridgehead atoms. The summed E-state index contributed by atoms with van der Waals surface area (Å²) >= 11 is 0. The molecule has 16 heavy (non-hydrogen) atoms. The van der Waals surface area contributed by atoms with Crippen molar-refractivity contribution in [2.45, 2.75) is 39.7 Å². The number of nitrogens with one attached hydrogen (secondary N) is 1. The fraction of sp³-hybridized carbons (Fsp3) is 0.571. The van der Waals surface area contributed by atoms with Gasteiger partial charge in [-0.3, -0.25) is 0 Å². The predicted octanol–water partition coefficient (Wildman–Crippen LogP) is 2.51. The molecule has 90 valence electrons. The summed E-state index contributed by atoms with van der Waals surface area (Å²) in [5.41, 5.74) is 2.78. The molecule has 1 aromatic rings. The molecule has 0 aromatic heterocycles. The highest BCUT2D eigenvalue weighted by Gasteiger charge is 2.22. The van der Waals surface area contributed by atoms with Gasteiger partial charge in [-0.1, -0.05) is 25.1 Å². The summed E-state index contributed by atoms with van der Waals surface area (Å²) in [6, 6.07) is 6.18. The smallest absolute Gasteiger partial charge is 0.0880 e. The van der Waals surface area contributed by atoms with Crippen LogP contribution in [0.1, 0.15) is 37.0 Å². The zero-order valence-corrected chi connectivity index (χ0v) is 10.8. The topological polar surface area (TPSA) is 32.3 Å². The van der Waals surface area contributed by atoms with Gasteiger partial charge in [-0.25, -0.2) is 0 Å². The van der Waals surface area contributed by atoms with Crippen molar-refractivity contribution < 1.29 is 5.11 Å². The minimum Gasteiger partial charge on any atom is -0.385 e. The first-order chi connectivity index (χ1) is 7.47. The molecule has 0 amide bonds. The van der Waals surface area contributed by atoms with E-state index in [0.29, 0.717) is 0 Å². The molecule has 0 aliphatic carbocycles. The monoisotopic (exact) mass is 221 g/mol. The van der Waals surface area contributed by atoms with Crippen molar-refractivity contribution in [1.82, 2.24) is 5.32 Å². The van der Waals surface area contributed by atoms with E-state index in [2.05, 4.69) is 38.2 Å². The second-order valence-corrected chi connectivity index (χ2v) is 4.68. The summed E-state index contributed by atoms with van der Waals surface area (Å²) in [4.78, 5) is 0. The van der Waals surface area contributed by atoms with Gasteiger partial charge in [-0.2, -0.15) is 0 Å². The van der Waals surface area contributed by atoms with E-state index in [9.17, 15) is 5.11 Å². The number of hydrogen-bond acceptors (Lipinski definition) is 2. The average molecular weight is 221 g/mol. The molecule has 0 radical (unpaired) electrons. The molecule has 0 aliphatic heterocycles. The fourth-order valence-corrected chi connectivity index (χ4v) is 1.73. The molecule has 2 nitrogen and oxygen atoms in total. The lowest BCUT2D eigenvalue weighted by Crippen LogP contribution is -2.27. The maximum absolute atomic E-state index is 10.4. The Morgan fingerprint density at radius 3 is 2.50 bits per heavy atom. The second kappa shape index (κ2) is 5.46. The first kappa shape index (κ1) is 13.2. The summed E-state index contributed by atoms with van der Waals surface area (Å²) < 4.78 is 0. The van der Waals surface area contributed by atoms with E-state index >= 15 is 0 Å². The summed E-state index contributed by atoms with van der Waals surface area (Å²) in [7, 11) is 0. The third-order valence-corrected chi connectivity index (χ3v) is 3.17. The van der Waals surface area contributed by atoms with E-state index < -0.39 is 5.60 Å². The molecule has 1 rings (SSSR count). The number of aliphatic hydroxyl groups is 1. The van der Waals surface area contributed by atoms with Crippen molar-refractivity contribution in [2.24, 2.45) is 0 Å². The van der Waals surface area contributed by atoms with Crippen LogP contribution in [0.4, 0.5) is 0 Å². The molecule has 0 aliphatic rings. The maximum atomic E-state index is 10.4. The van der Waals surface area contributed by atoms with Crippen LogP contribution in [-0.2, 0) is 5.60 Å². The molecule has 0 saturated carbocycles. The normalized spacial score (nSPS) is 14.8. The molecule has 0 saturated heterocycles. The van der Waals surface area contributed by atoms with Crippen molar-refractivity contribution in [3.8, 4) is 0 Å². The van der Waals surface area contributed by atoms with Crippen LogP contribution >= 0.6 is 0 Å². The van der Waals surface area contributed by atoms with Crippen molar-refractivity contribution >= 4 is 0 Å². The quantitative estimate of drug-likeness (QED) is 0.749. The molecule has 1 atom stereocenters. The Bertz CT molecular complexity index is 345. The van der Waals surface area contributed by atoms with Crippen LogP contribution in [0.25, 0.3) is 0 Å². The predicted molar refractivity (Wildman–Crippen MR) is 68.6 cm³/mol. The number of hydrogen-bond donors (Lipinski definition) is 2. The first-order valence-corrected chi connectivity index (χ1v) is 5.98. The van der Waals surface area contributed by atoms with Gasteiger partial charge in [0.2, 0.25) is 0 Å². The van der Waals surface area contributed by atoms with Crippen molar-refractivity contribution in [2.75, 3.05) is 13.1 Å². The van der Waals surface area contributed by atoms with Crippen LogP contribution in [0.5, 0.6) is 0 Å². The van der Waals surface area contributed by atoms with Gasteiger partial charge in [-0.05, 0) is 57.0 Å². The number of rotatable bonds is 5. The van der Waals surface area contributed by atoms with E-state index in [1.54, 1.807) is 0 Å². The molecule has 1 aromatic carbocycles. The summed E-state index contributed by atoms with van der Waals surface area (Å²) in [6.45, 7) is 9.92. The lowest BCUT2D eigenvalue weighted by Gasteiger charge is -2.24. The van der Waals surface area contributed by atoms with Gasteiger partial charge in [0, 0.05) is 0 Å². The van der Waals surface area contributed by atoms with Gasteiger partial charge in [0.15, 0.2) is 0 Å². The molecule has 0 heterocycles. The SMILES string of the molecule is CCNCCC(C)(O)c1ccc(C)c(C)c1. The Balaban J connectivity index is 2.76. The van der Waals surface area contributed by atoms with Crippen LogP contribution in [0, 0.1) is 13.8 Å². The van der Waals surface area contributed by atoms with Crippen LogP contribution < -0.4 is 5.32 Å². The number of aryl methyl sites for hydroxylation is 2. The van der Waals surface area contributed by atoms with Crippen LogP contribution in [0.15, 0.2) is 18.2 Å². The number of benzene rings is 1. The zero-order chi connectivity index (χ0) is 12.2. The lowest BCUT2D eigenvalue weighted by atomic mass is 9.90. The highest BCUT2D eigenvalue weighted by atomic mass is 16.3. The average Bonchev–Trinajstić information content (AvgIpc) is 2.22. The van der Waals surface area contributed by atoms with Crippen LogP contribution in [0.2, 0.25) is 0 Å². The highest BCUT2D eigenvalue weighted by Crippen LogP contribution is 2.25. The zero-order valence-electron chi connectivity index (χ0n) is 10.8. The first-order valence-electron chi connectivity index (χ1n) is 5.98. The Labute approximate surface area is 98.7 Å². The largest absolute Gasteiger partial charge is 0.385 e. The minimum absolute atomic E-state index is 0.735. The minimum atomic E-state index is -0.735. The van der Waals surface area contributed by atoms with E-state index in [1.807, 2.05) is 13.0 Å². The Morgan fingerprint density at radius 1 is 1.25 bits per heavy atom. The van der Waals surface area contributed by atoms with Crippen molar-refractivity contribution in [1.29, 1.82) is 0 Å². The van der Waals surface area contributed by atoms with Crippen molar-refractivity contribution in [3.63, 3.8) is 0 Å². The molecule has 0 fully saturated rings. The summed E-state index contributed by atoms with van der Waals surface area (Å²) in [5.74, 6) is 0. The molecule has 0 spiro atoms. The van der Waals surface area contributed by atoms with Crippen LogP contribution in [-0.4, -0.2) is 18.2 Å². The standard InChI is InChI=1S/C14H23NO/c1-5-15-9-8-14(4,16)13-7-6-11(2)12(3)10-13/h6-7,10,15-16H,5,8-9H2,1-4H3. The molecule has 2 heteroatoms. The van der Waals surface area contributed by atoms with E-state index in [4.69, 9.17) is 0 Å². The van der Waals surface area contributed by atoms with Gasteiger partial charge >= 0.3 is 0 Å². The van der Waals surface area contributed by atoms with Crippen LogP contribution in [0.3, 0.4) is 0 Å². The highest BCUT2D eigenvalue weighted by molar-refractivity contribution is 5.32. The lowest BCUT2D eigenvalue weighted by molar-refractivity contribution is 0.0481. The third-order valence-electron chi connectivity index (χ3n) is 3.17. The third kappa shape index (κ3) is 3.32. The van der Waals surface area contributed by atoms with Gasteiger partial charge in [0.05, 0.1) is 5.60 Å². The molecular weight excluding hydrogens is 198 g/mol. The van der Waals surface area contributed by atoms with Gasteiger partial charge in [-0.15, -0.1) is 0 Å². The Morgan fingerprint density at radius 2 is 1.94 bits per heavy atom. The second-order valence-electron chi connectivity index (χ2n) is 4.68. The molecule has 2 N–H and O–H groups in total. The van der Waals surface area contributed by atoms with E-state index in [1.165, 1.54) is 11.1 Å². The summed E-state index contributed by atoms with van der Waals surface area (Å²) in [6.07, 6.45) is 0.739.